The van der Waals surface area contributed by atoms with E-state index in [0.29, 0.717) is 27.5 Å². The number of halogens is 2. The third-order valence-corrected chi connectivity index (χ3v) is 3.23. The fraction of sp³-hybridized carbons (Fsp3) is 0.417. The summed E-state index contributed by atoms with van der Waals surface area (Å²) in [6, 6.07) is 5.14. The lowest BCUT2D eigenvalue weighted by molar-refractivity contribution is 0.0947. The molecule has 0 aromatic heterocycles. The molecule has 1 rings (SSSR count). The van der Waals surface area contributed by atoms with Gasteiger partial charge in [-0.05, 0) is 53.6 Å². The molecular formula is C12H16BrClN2O. The molecule has 0 saturated heterocycles. The molecular weight excluding hydrogens is 304 g/mol. The summed E-state index contributed by atoms with van der Waals surface area (Å²) in [7, 11) is 1.90. The van der Waals surface area contributed by atoms with Crippen molar-refractivity contribution in [1.82, 2.24) is 10.6 Å². The number of carbonyl (C=O) groups is 1. The zero-order valence-corrected chi connectivity index (χ0v) is 12.2. The summed E-state index contributed by atoms with van der Waals surface area (Å²) in [6.07, 6.45) is 0. The van der Waals surface area contributed by atoms with Crippen molar-refractivity contribution in [3.63, 3.8) is 0 Å². The second kappa shape index (κ2) is 6.99. The summed E-state index contributed by atoms with van der Waals surface area (Å²) in [6.45, 7) is 3.60. The number of rotatable bonds is 5. The minimum Gasteiger partial charge on any atom is -0.352 e. The van der Waals surface area contributed by atoms with Crippen molar-refractivity contribution >= 4 is 33.4 Å². The number of amides is 1. The summed E-state index contributed by atoms with van der Waals surface area (Å²) >= 11 is 9.15. The van der Waals surface area contributed by atoms with Crippen molar-refractivity contribution in [3.05, 3.63) is 33.3 Å². The normalized spacial score (nSPS) is 12.2. The monoisotopic (exact) mass is 318 g/mol. The van der Waals surface area contributed by atoms with E-state index in [1.807, 2.05) is 7.05 Å². The van der Waals surface area contributed by atoms with E-state index in [9.17, 15) is 4.79 Å². The molecule has 0 bridgehead atoms. The van der Waals surface area contributed by atoms with Crippen LogP contribution in [0.5, 0.6) is 0 Å². The van der Waals surface area contributed by atoms with Gasteiger partial charge in [-0.1, -0.05) is 18.5 Å². The van der Waals surface area contributed by atoms with Crippen LogP contribution in [0.4, 0.5) is 0 Å². The van der Waals surface area contributed by atoms with Gasteiger partial charge in [0.15, 0.2) is 0 Å². The minimum absolute atomic E-state index is 0.0866. The number of hydrogen-bond donors (Lipinski definition) is 2. The van der Waals surface area contributed by atoms with Crippen molar-refractivity contribution in [3.8, 4) is 0 Å². The van der Waals surface area contributed by atoms with E-state index in [1.54, 1.807) is 18.2 Å². The highest BCUT2D eigenvalue weighted by Gasteiger charge is 2.11. The van der Waals surface area contributed by atoms with Gasteiger partial charge in [0.05, 0.1) is 5.56 Å². The Labute approximate surface area is 115 Å². The lowest BCUT2D eigenvalue weighted by Gasteiger charge is -2.12. The quantitative estimate of drug-likeness (QED) is 0.876. The van der Waals surface area contributed by atoms with E-state index >= 15 is 0 Å². The standard InChI is InChI=1S/C12H16BrClN2O/c1-8(6-15-2)7-16-12(17)10-4-3-9(14)5-11(10)13/h3-5,8,15H,6-7H2,1-2H3,(H,16,17). The van der Waals surface area contributed by atoms with Crippen LogP contribution in [0.25, 0.3) is 0 Å². The molecule has 0 aliphatic rings. The minimum atomic E-state index is -0.0866. The van der Waals surface area contributed by atoms with E-state index in [2.05, 4.69) is 33.5 Å². The van der Waals surface area contributed by atoms with Gasteiger partial charge in [-0.15, -0.1) is 0 Å². The van der Waals surface area contributed by atoms with Crippen LogP contribution in [-0.4, -0.2) is 26.0 Å². The fourth-order valence-electron chi connectivity index (χ4n) is 1.46. The van der Waals surface area contributed by atoms with Gasteiger partial charge < -0.3 is 10.6 Å². The Hall–Kier alpha value is -0.580. The van der Waals surface area contributed by atoms with Crippen LogP contribution in [0, 0.1) is 5.92 Å². The lowest BCUT2D eigenvalue weighted by atomic mass is 10.1. The highest BCUT2D eigenvalue weighted by atomic mass is 79.9. The molecule has 0 aliphatic carbocycles. The topological polar surface area (TPSA) is 41.1 Å². The SMILES string of the molecule is CNCC(C)CNC(=O)c1ccc(Cl)cc1Br. The lowest BCUT2D eigenvalue weighted by Crippen LogP contribution is -2.32. The Morgan fingerprint density at radius 3 is 2.76 bits per heavy atom. The number of benzene rings is 1. The largest absolute Gasteiger partial charge is 0.352 e. The van der Waals surface area contributed by atoms with Crippen LogP contribution >= 0.6 is 27.5 Å². The summed E-state index contributed by atoms with van der Waals surface area (Å²) in [4.78, 5) is 11.9. The molecule has 3 nitrogen and oxygen atoms in total. The Morgan fingerprint density at radius 2 is 2.18 bits per heavy atom. The summed E-state index contributed by atoms with van der Waals surface area (Å²) in [5.41, 5.74) is 0.603. The number of nitrogens with one attached hydrogen (secondary N) is 2. The van der Waals surface area contributed by atoms with Gasteiger partial charge in [0.2, 0.25) is 0 Å². The third kappa shape index (κ3) is 4.66. The molecule has 0 fully saturated rings. The zero-order chi connectivity index (χ0) is 12.8. The molecule has 0 spiro atoms. The molecule has 1 unspecified atom stereocenters. The van der Waals surface area contributed by atoms with E-state index in [1.165, 1.54) is 0 Å². The smallest absolute Gasteiger partial charge is 0.252 e. The molecule has 1 aromatic carbocycles. The van der Waals surface area contributed by atoms with E-state index in [4.69, 9.17) is 11.6 Å². The maximum atomic E-state index is 11.9. The maximum Gasteiger partial charge on any atom is 0.252 e. The Morgan fingerprint density at radius 1 is 1.47 bits per heavy atom. The molecule has 0 saturated carbocycles. The van der Waals surface area contributed by atoms with E-state index in [-0.39, 0.29) is 5.91 Å². The van der Waals surface area contributed by atoms with Crippen LogP contribution < -0.4 is 10.6 Å². The first-order valence-corrected chi connectivity index (χ1v) is 6.59. The van der Waals surface area contributed by atoms with Gasteiger partial charge in [0.25, 0.3) is 5.91 Å². The summed E-state index contributed by atoms with van der Waals surface area (Å²) < 4.78 is 0.712. The van der Waals surface area contributed by atoms with Gasteiger partial charge in [0.1, 0.15) is 0 Å². The zero-order valence-electron chi connectivity index (χ0n) is 9.89. The van der Waals surface area contributed by atoms with E-state index in [0.717, 1.165) is 6.54 Å². The molecule has 0 radical (unpaired) electrons. The number of carbonyl (C=O) groups excluding carboxylic acids is 1. The maximum absolute atomic E-state index is 11.9. The second-order valence-corrected chi connectivity index (χ2v) is 5.29. The van der Waals surface area contributed by atoms with Crippen LogP contribution in [0.15, 0.2) is 22.7 Å². The molecule has 0 heterocycles. The van der Waals surface area contributed by atoms with Crippen LogP contribution in [0.3, 0.4) is 0 Å². The predicted molar refractivity (Wildman–Crippen MR) is 74.6 cm³/mol. The predicted octanol–water partition coefficient (Wildman–Crippen LogP) is 2.69. The first-order valence-electron chi connectivity index (χ1n) is 5.42. The average Bonchev–Trinajstić information content (AvgIpc) is 2.26. The summed E-state index contributed by atoms with van der Waals surface area (Å²) in [5.74, 6) is 0.312. The van der Waals surface area contributed by atoms with Crippen molar-refractivity contribution in [2.75, 3.05) is 20.1 Å². The Bertz CT molecular complexity index is 398. The van der Waals surface area contributed by atoms with Gasteiger partial charge in [0, 0.05) is 16.0 Å². The van der Waals surface area contributed by atoms with Gasteiger partial charge in [-0.2, -0.15) is 0 Å². The Balaban J connectivity index is 2.58. The molecule has 94 valence electrons. The highest BCUT2D eigenvalue weighted by molar-refractivity contribution is 9.10. The van der Waals surface area contributed by atoms with Gasteiger partial charge in [-0.25, -0.2) is 0 Å². The fourth-order valence-corrected chi connectivity index (χ4v) is 2.32. The molecule has 17 heavy (non-hydrogen) atoms. The Kier molecular flexibility index (Phi) is 5.95. The van der Waals surface area contributed by atoms with Crippen LogP contribution in [0.1, 0.15) is 17.3 Å². The third-order valence-electron chi connectivity index (χ3n) is 2.34. The van der Waals surface area contributed by atoms with Crippen LogP contribution in [0.2, 0.25) is 5.02 Å². The van der Waals surface area contributed by atoms with Gasteiger partial charge in [-0.3, -0.25) is 4.79 Å². The van der Waals surface area contributed by atoms with Crippen molar-refractivity contribution in [2.45, 2.75) is 6.92 Å². The first kappa shape index (κ1) is 14.5. The second-order valence-electron chi connectivity index (χ2n) is 4.00. The highest BCUT2D eigenvalue weighted by Crippen LogP contribution is 2.21. The number of hydrogen-bond acceptors (Lipinski definition) is 2. The molecule has 0 aliphatic heterocycles. The van der Waals surface area contributed by atoms with E-state index < -0.39 is 0 Å². The molecule has 2 N–H and O–H groups in total. The first-order chi connectivity index (χ1) is 8.04. The molecule has 1 amide bonds. The molecule has 1 atom stereocenters. The molecule has 1 aromatic rings. The molecule has 5 heteroatoms. The van der Waals surface area contributed by atoms with Crippen molar-refractivity contribution in [2.24, 2.45) is 5.92 Å². The summed E-state index contributed by atoms with van der Waals surface area (Å²) in [5, 5.41) is 6.57. The van der Waals surface area contributed by atoms with Crippen molar-refractivity contribution in [1.29, 1.82) is 0 Å². The van der Waals surface area contributed by atoms with Crippen molar-refractivity contribution < 1.29 is 4.79 Å². The van der Waals surface area contributed by atoms with Gasteiger partial charge >= 0.3 is 0 Å². The average molecular weight is 320 g/mol. The van der Waals surface area contributed by atoms with Crippen LogP contribution in [-0.2, 0) is 0 Å².